The predicted molar refractivity (Wildman–Crippen MR) is 82.3 cm³/mol. The van der Waals surface area contributed by atoms with Gasteiger partial charge in [0.1, 0.15) is 6.33 Å². The van der Waals surface area contributed by atoms with E-state index in [2.05, 4.69) is 15.2 Å². The first-order valence-corrected chi connectivity index (χ1v) is 8.22. The number of rotatable bonds is 3. The second-order valence-corrected chi connectivity index (χ2v) is 6.78. The lowest BCUT2D eigenvalue weighted by Gasteiger charge is -2.24. The first kappa shape index (κ1) is 16.1. The first-order chi connectivity index (χ1) is 12.0. The van der Waals surface area contributed by atoms with Gasteiger partial charge in [-0.15, -0.1) is 0 Å². The van der Waals surface area contributed by atoms with Gasteiger partial charge >= 0.3 is 6.18 Å². The molecule has 2 fully saturated rings. The molecule has 2 aliphatic rings. The van der Waals surface area contributed by atoms with Crippen molar-refractivity contribution in [2.24, 2.45) is 11.8 Å². The van der Waals surface area contributed by atoms with Gasteiger partial charge in [0.2, 0.25) is 6.41 Å². The Morgan fingerprint density at radius 3 is 2.72 bits per heavy atom. The van der Waals surface area contributed by atoms with Crippen LogP contribution in [0.3, 0.4) is 0 Å². The van der Waals surface area contributed by atoms with Crippen LogP contribution in [0.1, 0.15) is 41.8 Å². The van der Waals surface area contributed by atoms with Crippen molar-refractivity contribution in [2.45, 2.75) is 31.0 Å². The van der Waals surface area contributed by atoms with Gasteiger partial charge in [0.25, 0.3) is 0 Å². The quantitative estimate of drug-likeness (QED) is 0.865. The number of aromatic nitrogens is 3. The van der Waals surface area contributed by atoms with Crippen LogP contribution in [-0.2, 0) is 11.0 Å². The Hall–Kier alpha value is -2.38. The number of amides is 1. The predicted octanol–water partition coefficient (Wildman–Crippen LogP) is 3.15. The molecule has 5 nitrogen and oxygen atoms in total. The highest BCUT2D eigenvalue weighted by molar-refractivity contribution is 5.49. The zero-order chi connectivity index (χ0) is 17.6. The molecule has 1 amide bonds. The van der Waals surface area contributed by atoms with E-state index in [9.17, 15) is 18.0 Å². The molecule has 0 radical (unpaired) electrons. The van der Waals surface area contributed by atoms with Gasteiger partial charge in [-0.1, -0.05) is 18.2 Å². The van der Waals surface area contributed by atoms with Gasteiger partial charge in [0, 0.05) is 6.54 Å². The summed E-state index contributed by atoms with van der Waals surface area (Å²) in [5.74, 6) is 0.611. The lowest BCUT2D eigenvalue weighted by atomic mass is 9.90. The van der Waals surface area contributed by atoms with E-state index in [0.717, 1.165) is 12.5 Å². The van der Waals surface area contributed by atoms with E-state index in [1.165, 1.54) is 12.4 Å². The lowest BCUT2D eigenvalue weighted by molar-refractivity contribution is -0.138. The Kier molecular flexibility index (Phi) is 3.77. The maximum Gasteiger partial charge on any atom is 0.416 e. The van der Waals surface area contributed by atoms with E-state index >= 15 is 0 Å². The molecular formula is C17H17F3N4O. The fraction of sp³-hybridized carbons (Fsp3) is 0.471. The summed E-state index contributed by atoms with van der Waals surface area (Å²) in [5, 5.41) is 6.75. The number of fused-ring (bicyclic) bond motifs is 1. The van der Waals surface area contributed by atoms with Crippen LogP contribution in [0.2, 0.25) is 0 Å². The molecule has 1 aliphatic carbocycles. The third-order valence-corrected chi connectivity index (χ3v) is 5.50. The van der Waals surface area contributed by atoms with Gasteiger partial charge in [-0.25, -0.2) is 4.98 Å². The molecule has 0 bridgehead atoms. The van der Waals surface area contributed by atoms with Crippen LogP contribution in [0, 0.1) is 11.8 Å². The molecular weight excluding hydrogens is 333 g/mol. The Balaban J connectivity index is 1.64. The number of H-pyrrole nitrogens is 1. The lowest BCUT2D eigenvalue weighted by Crippen LogP contribution is -2.26. The summed E-state index contributed by atoms with van der Waals surface area (Å²) in [6.45, 7) is 0.540. The van der Waals surface area contributed by atoms with E-state index in [-0.39, 0.29) is 23.8 Å². The van der Waals surface area contributed by atoms with Gasteiger partial charge in [-0.05, 0) is 42.2 Å². The van der Waals surface area contributed by atoms with Crippen LogP contribution < -0.4 is 0 Å². The molecule has 1 saturated heterocycles. The normalized spacial score (nSPS) is 29.0. The number of carbonyl (C=O) groups is 1. The standard InChI is InChI=1S/C17H17F3N4O/c18-17(19,20)14-4-2-1-3-12(14)10-5-11-7-24(9-25)15(13(11)6-10)16-21-8-22-23-16/h1-4,8-11,13,15H,5-7H2,(H,21,22,23)/t10-,11+,13+,15?/m1/s1. The van der Waals surface area contributed by atoms with E-state index < -0.39 is 11.7 Å². The summed E-state index contributed by atoms with van der Waals surface area (Å²) in [6.07, 6.45) is -0.869. The van der Waals surface area contributed by atoms with Crippen LogP contribution in [0.15, 0.2) is 30.6 Å². The van der Waals surface area contributed by atoms with E-state index in [1.807, 2.05) is 0 Å². The molecule has 1 aliphatic heterocycles. The van der Waals surface area contributed by atoms with Gasteiger partial charge < -0.3 is 4.90 Å². The minimum atomic E-state index is -4.35. The summed E-state index contributed by atoms with van der Waals surface area (Å²) in [4.78, 5) is 17.2. The zero-order valence-electron chi connectivity index (χ0n) is 13.3. The molecule has 132 valence electrons. The molecule has 1 unspecified atom stereocenters. The van der Waals surface area contributed by atoms with Gasteiger partial charge in [0.15, 0.2) is 5.82 Å². The molecule has 1 aromatic carbocycles. The van der Waals surface area contributed by atoms with Crippen LogP contribution in [0.4, 0.5) is 13.2 Å². The zero-order valence-corrected chi connectivity index (χ0v) is 13.3. The molecule has 0 spiro atoms. The van der Waals surface area contributed by atoms with Crippen molar-refractivity contribution in [2.75, 3.05) is 6.54 Å². The molecule has 25 heavy (non-hydrogen) atoms. The Bertz CT molecular complexity index is 762. The van der Waals surface area contributed by atoms with E-state index in [0.29, 0.717) is 30.8 Å². The highest BCUT2D eigenvalue weighted by Crippen LogP contribution is 2.54. The maximum absolute atomic E-state index is 13.3. The van der Waals surface area contributed by atoms with Crippen molar-refractivity contribution in [3.8, 4) is 0 Å². The van der Waals surface area contributed by atoms with Crippen molar-refractivity contribution in [1.82, 2.24) is 20.1 Å². The van der Waals surface area contributed by atoms with Crippen LogP contribution in [-0.4, -0.2) is 33.0 Å². The topological polar surface area (TPSA) is 61.9 Å². The summed E-state index contributed by atoms with van der Waals surface area (Å²) in [7, 11) is 0. The highest BCUT2D eigenvalue weighted by atomic mass is 19.4. The number of alkyl halides is 3. The third-order valence-electron chi connectivity index (χ3n) is 5.50. The van der Waals surface area contributed by atoms with Gasteiger partial charge in [-0.3, -0.25) is 9.89 Å². The number of aromatic amines is 1. The molecule has 2 aromatic rings. The molecule has 4 atom stereocenters. The van der Waals surface area contributed by atoms with E-state index in [4.69, 9.17) is 0 Å². The van der Waals surface area contributed by atoms with Crippen molar-refractivity contribution < 1.29 is 18.0 Å². The summed E-state index contributed by atoms with van der Waals surface area (Å²) < 4.78 is 40.0. The Labute approximate surface area is 142 Å². The second-order valence-electron chi connectivity index (χ2n) is 6.78. The van der Waals surface area contributed by atoms with Crippen LogP contribution in [0.25, 0.3) is 0 Å². The third kappa shape index (κ3) is 2.69. The average molecular weight is 350 g/mol. The second kappa shape index (κ2) is 5.86. The molecule has 1 saturated carbocycles. The molecule has 8 heteroatoms. The summed E-state index contributed by atoms with van der Waals surface area (Å²) >= 11 is 0. The van der Waals surface area contributed by atoms with Crippen LogP contribution in [0.5, 0.6) is 0 Å². The smallest absolute Gasteiger partial charge is 0.334 e. The minimum Gasteiger partial charge on any atom is -0.334 e. The largest absolute Gasteiger partial charge is 0.416 e. The number of likely N-dealkylation sites (tertiary alicyclic amines) is 1. The van der Waals surface area contributed by atoms with Crippen molar-refractivity contribution in [3.63, 3.8) is 0 Å². The number of hydrogen-bond acceptors (Lipinski definition) is 3. The molecule has 2 heterocycles. The number of nitrogens with one attached hydrogen (secondary N) is 1. The highest BCUT2D eigenvalue weighted by Gasteiger charge is 2.50. The van der Waals surface area contributed by atoms with Crippen molar-refractivity contribution in [3.05, 3.63) is 47.5 Å². The monoisotopic (exact) mass is 350 g/mol. The first-order valence-electron chi connectivity index (χ1n) is 8.22. The van der Waals surface area contributed by atoms with Crippen LogP contribution >= 0.6 is 0 Å². The average Bonchev–Trinajstić information content (AvgIpc) is 3.29. The fourth-order valence-electron chi connectivity index (χ4n) is 4.56. The maximum atomic E-state index is 13.3. The van der Waals surface area contributed by atoms with Crippen molar-refractivity contribution >= 4 is 6.41 Å². The molecule has 1 aromatic heterocycles. The Morgan fingerprint density at radius 1 is 1.24 bits per heavy atom. The fourth-order valence-corrected chi connectivity index (χ4v) is 4.56. The van der Waals surface area contributed by atoms with Gasteiger partial charge in [0.05, 0.1) is 11.6 Å². The number of nitrogens with zero attached hydrogens (tertiary/aromatic N) is 3. The number of carbonyl (C=O) groups excluding carboxylic acids is 1. The van der Waals surface area contributed by atoms with Gasteiger partial charge in [-0.2, -0.15) is 18.3 Å². The SMILES string of the molecule is O=CN1C[C@@H]2C[C@@H](c3ccccc3C(F)(F)F)C[C@@H]2C1c1nc[nH]n1. The number of hydrogen-bond donors (Lipinski definition) is 1. The number of halogens is 3. The summed E-state index contributed by atoms with van der Waals surface area (Å²) in [5.41, 5.74) is -0.197. The molecule has 4 rings (SSSR count). The van der Waals surface area contributed by atoms with E-state index in [1.54, 1.807) is 17.0 Å². The Morgan fingerprint density at radius 2 is 2.04 bits per heavy atom. The number of benzene rings is 1. The minimum absolute atomic E-state index is 0.0762. The summed E-state index contributed by atoms with van der Waals surface area (Å²) in [6, 6.07) is 5.54. The van der Waals surface area contributed by atoms with Crippen molar-refractivity contribution in [1.29, 1.82) is 0 Å². The molecule has 1 N–H and O–H groups in total.